The molecule has 1 heterocycles. The van der Waals surface area contributed by atoms with Crippen molar-refractivity contribution in [2.24, 2.45) is 0 Å². The topological polar surface area (TPSA) is 26.7 Å². The van der Waals surface area contributed by atoms with E-state index in [1.165, 1.54) is 12.1 Å². The van der Waals surface area contributed by atoms with Gasteiger partial charge in [0.15, 0.2) is 11.6 Å². The van der Waals surface area contributed by atoms with Gasteiger partial charge in [-0.25, -0.2) is 4.39 Å². The van der Waals surface area contributed by atoms with Crippen molar-refractivity contribution in [1.29, 1.82) is 0 Å². The summed E-state index contributed by atoms with van der Waals surface area (Å²) in [6, 6.07) is 4.60. The first-order valence-electron chi connectivity index (χ1n) is 5.53. The third kappa shape index (κ3) is 2.71. The predicted molar refractivity (Wildman–Crippen MR) is 60.8 cm³/mol. The summed E-state index contributed by atoms with van der Waals surface area (Å²) in [5.74, 6) is -0.811. The minimum atomic E-state index is -0.536. The average Bonchev–Trinajstić information content (AvgIpc) is 2.27. The number of phenols is 1. The molecule has 1 aromatic carbocycles. The highest BCUT2D eigenvalue weighted by Gasteiger charge is 2.14. The van der Waals surface area contributed by atoms with Crippen molar-refractivity contribution < 1.29 is 9.50 Å². The summed E-state index contributed by atoms with van der Waals surface area (Å²) >= 11 is 0. The summed E-state index contributed by atoms with van der Waals surface area (Å²) < 4.78 is 13.1. The molecule has 4 heteroatoms. The zero-order valence-electron chi connectivity index (χ0n) is 9.49. The van der Waals surface area contributed by atoms with Gasteiger partial charge in [0.25, 0.3) is 0 Å². The highest BCUT2D eigenvalue weighted by Crippen LogP contribution is 2.17. The Morgan fingerprint density at radius 2 is 1.94 bits per heavy atom. The summed E-state index contributed by atoms with van der Waals surface area (Å²) in [7, 11) is 2.11. The van der Waals surface area contributed by atoms with Crippen LogP contribution in [0, 0.1) is 5.82 Å². The van der Waals surface area contributed by atoms with Crippen LogP contribution in [0.25, 0.3) is 0 Å². The lowest BCUT2D eigenvalue weighted by molar-refractivity contribution is 0.148. The molecule has 16 heavy (non-hydrogen) atoms. The number of likely N-dealkylation sites (N-methyl/N-ethyl adjacent to an activating group) is 1. The Balaban J connectivity index is 1.96. The van der Waals surface area contributed by atoms with E-state index in [9.17, 15) is 4.39 Å². The van der Waals surface area contributed by atoms with Gasteiger partial charge in [0.1, 0.15) is 0 Å². The Morgan fingerprint density at radius 3 is 2.56 bits per heavy atom. The molecule has 0 radical (unpaired) electrons. The second kappa shape index (κ2) is 4.80. The van der Waals surface area contributed by atoms with Crippen LogP contribution in [0.4, 0.5) is 4.39 Å². The van der Waals surface area contributed by atoms with Crippen molar-refractivity contribution in [1.82, 2.24) is 9.80 Å². The second-order valence-corrected chi connectivity index (χ2v) is 4.37. The number of nitrogens with zero attached hydrogens (tertiary/aromatic N) is 2. The molecule has 1 saturated heterocycles. The number of rotatable bonds is 2. The van der Waals surface area contributed by atoms with E-state index in [1.807, 2.05) is 0 Å². The van der Waals surface area contributed by atoms with Gasteiger partial charge in [0.2, 0.25) is 0 Å². The minimum Gasteiger partial charge on any atom is -0.505 e. The standard InChI is InChI=1S/C12H17FN2O/c1-14-4-6-15(7-5-14)9-10-2-3-12(16)11(13)8-10/h2-3,8,16H,4-7,9H2,1H3. The fourth-order valence-electron chi connectivity index (χ4n) is 1.91. The van der Waals surface area contributed by atoms with Gasteiger partial charge in [0, 0.05) is 32.7 Å². The molecule has 0 aliphatic carbocycles. The van der Waals surface area contributed by atoms with Crippen LogP contribution in [0.1, 0.15) is 5.56 Å². The summed E-state index contributed by atoms with van der Waals surface area (Å²) in [4.78, 5) is 4.58. The fraction of sp³-hybridized carbons (Fsp3) is 0.500. The van der Waals surface area contributed by atoms with Gasteiger partial charge >= 0.3 is 0 Å². The van der Waals surface area contributed by atoms with Crippen LogP contribution in [0.2, 0.25) is 0 Å². The van der Waals surface area contributed by atoms with Crippen molar-refractivity contribution in [3.8, 4) is 5.75 Å². The normalized spacial score (nSPS) is 18.9. The summed E-state index contributed by atoms with van der Waals surface area (Å²) in [5, 5.41) is 9.09. The van der Waals surface area contributed by atoms with Crippen molar-refractivity contribution in [2.45, 2.75) is 6.54 Å². The molecular formula is C12H17FN2O. The van der Waals surface area contributed by atoms with E-state index in [4.69, 9.17) is 5.11 Å². The number of hydrogen-bond acceptors (Lipinski definition) is 3. The van der Waals surface area contributed by atoms with Crippen LogP contribution in [-0.2, 0) is 6.54 Å². The van der Waals surface area contributed by atoms with E-state index in [0.29, 0.717) is 0 Å². The third-order valence-electron chi connectivity index (χ3n) is 3.01. The molecule has 0 amide bonds. The number of halogens is 1. The molecule has 1 fully saturated rings. The number of piperazine rings is 1. The molecule has 1 aliphatic rings. The Labute approximate surface area is 95.1 Å². The van der Waals surface area contributed by atoms with Crippen LogP contribution >= 0.6 is 0 Å². The highest BCUT2D eigenvalue weighted by molar-refractivity contribution is 5.27. The molecule has 88 valence electrons. The first-order valence-corrected chi connectivity index (χ1v) is 5.53. The molecule has 2 rings (SSSR count). The van der Waals surface area contributed by atoms with Crippen LogP contribution in [0.3, 0.4) is 0 Å². The molecule has 0 spiro atoms. The van der Waals surface area contributed by atoms with E-state index in [0.717, 1.165) is 38.3 Å². The van der Waals surface area contributed by atoms with E-state index < -0.39 is 5.82 Å². The monoisotopic (exact) mass is 224 g/mol. The average molecular weight is 224 g/mol. The van der Waals surface area contributed by atoms with Gasteiger partial charge in [-0.2, -0.15) is 0 Å². The van der Waals surface area contributed by atoms with Crippen molar-refractivity contribution >= 4 is 0 Å². The molecule has 0 unspecified atom stereocenters. The number of hydrogen-bond donors (Lipinski definition) is 1. The molecule has 0 aromatic heterocycles. The molecule has 1 aliphatic heterocycles. The Hall–Kier alpha value is -1.13. The fourth-order valence-corrected chi connectivity index (χ4v) is 1.91. The zero-order chi connectivity index (χ0) is 11.5. The van der Waals surface area contributed by atoms with E-state index in [1.54, 1.807) is 6.07 Å². The van der Waals surface area contributed by atoms with Crippen LogP contribution in [0.15, 0.2) is 18.2 Å². The highest BCUT2D eigenvalue weighted by atomic mass is 19.1. The minimum absolute atomic E-state index is 0.276. The number of phenolic OH excluding ortho intramolecular Hbond substituents is 1. The Morgan fingerprint density at radius 1 is 1.25 bits per heavy atom. The predicted octanol–water partition coefficient (Wildman–Crippen LogP) is 1.28. The maximum Gasteiger partial charge on any atom is 0.165 e. The van der Waals surface area contributed by atoms with Gasteiger partial charge < -0.3 is 10.0 Å². The van der Waals surface area contributed by atoms with Gasteiger partial charge in [-0.3, -0.25) is 4.90 Å². The quantitative estimate of drug-likeness (QED) is 0.819. The van der Waals surface area contributed by atoms with Gasteiger partial charge in [0.05, 0.1) is 0 Å². The zero-order valence-corrected chi connectivity index (χ0v) is 9.49. The van der Waals surface area contributed by atoms with Gasteiger partial charge in [-0.05, 0) is 24.7 Å². The summed E-state index contributed by atoms with van der Waals surface area (Å²) in [6.45, 7) is 4.89. The first kappa shape index (κ1) is 11.4. The van der Waals surface area contributed by atoms with E-state index >= 15 is 0 Å². The second-order valence-electron chi connectivity index (χ2n) is 4.37. The molecular weight excluding hydrogens is 207 g/mol. The number of benzene rings is 1. The van der Waals surface area contributed by atoms with Crippen molar-refractivity contribution in [3.63, 3.8) is 0 Å². The Kier molecular flexibility index (Phi) is 3.41. The van der Waals surface area contributed by atoms with Crippen molar-refractivity contribution in [2.75, 3.05) is 33.2 Å². The van der Waals surface area contributed by atoms with Crippen LogP contribution in [-0.4, -0.2) is 48.1 Å². The molecule has 0 saturated carbocycles. The van der Waals surface area contributed by atoms with Gasteiger partial charge in [-0.1, -0.05) is 6.07 Å². The SMILES string of the molecule is CN1CCN(Cc2ccc(O)c(F)c2)CC1. The molecule has 0 atom stereocenters. The maximum absolute atomic E-state index is 13.1. The molecule has 0 bridgehead atoms. The maximum atomic E-state index is 13.1. The smallest absolute Gasteiger partial charge is 0.165 e. The summed E-state index contributed by atoms with van der Waals surface area (Å²) in [5.41, 5.74) is 0.917. The lowest BCUT2D eigenvalue weighted by Crippen LogP contribution is -2.43. The molecule has 1 N–H and O–H groups in total. The summed E-state index contributed by atoms with van der Waals surface area (Å²) in [6.07, 6.45) is 0. The van der Waals surface area contributed by atoms with E-state index in [2.05, 4.69) is 16.8 Å². The Bertz CT molecular complexity index is 362. The lowest BCUT2D eigenvalue weighted by Gasteiger charge is -2.32. The largest absolute Gasteiger partial charge is 0.505 e. The molecule has 1 aromatic rings. The third-order valence-corrected chi connectivity index (χ3v) is 3.01. The van der Waals surface area contributed by atoms with Gasteiger partial charge in [-0.15, -0.1) is 0 Å². The van der Waals surface area contributed by atoms with Crippen LogP contribution in [0.5, 0.6) is 5.75 Å². The molecule has 3 nitrogen and oxygen atoms in total. The first-order chi connectivity index (χ1) is 7.65. The lowest BCUT2D eigenvalue weighted by atomic mass is 10.2. The van der Waals surface area contributed by atoms with Crippen LogP contribution < -0.4 is 0 Å². The van der Waals surface area contributed by atoms with Crippen molar-refractivity contribution in [3.05, 3.63) is 29.6 Å². The van der Waals surface area contributed by atoms with E-state index in [-0.39, 0.29) is 5.75 Å². The number of aromatic hydroxyl groups is 1.